The first kappa shape index (κ1) is 12.5. The SMILES string of the molecule is CN(Cc1cccc(C(N)=S)c1F)C1CCC1. The van der Waals surface area contributed by atoms with Crippen LogP contribution in [-0.2, 0) is 6.54 Å². The van der Waals surface area contributed by atoms with Gasteiger partial charge in [0.15, 0.2) is 0 Å². The summed E-state index contributed by atoms with van der Waals surface area (Å²) in [7, 11) is 2.04. The summed E-state index contributed by atoms with van der Waals surface area (Å²) < 4.78 is 14.1. The molecule has 1 aliphatic carbocycles. The molecule has 0 aliphatic heterocycles. The van der Waals surface area contributed by atoms with Crippen molar-refractivity contribution >= 4 is 17.2 Å². The number of benzene rings is 1. The van der Waals surface area contributed by atoms with Gasteiger partial charge in [0.05, 0.1) is 0 Å². The maximum absolute atomic E-state index is 14.1. The van der Waals surface area contributed by atoms with Crippen LogP contribution in [0.25, 0.3) is 0 Å². The summed E-state index contributed by atoms with van der Waals surface area (Å²) in [6.07, 6.45) is 3.71. The van der Waals surface area contributed by atoms with Gasteiger partial charge in [0.2, 0.25) is 0 Å². The summed E-state index contributed by atoms with van der Waals surface area (Å²) in [5.41, 5.74) is 6.51. The highest BCUT2D eigenvalue weighted by atomic mass is 32.1. The first-order valence-electron chi connectivity index (χ1n) is 5.87. The Morgan fingerprint density at radius 3 is 2.76 bits per heavy atom. The first-order chi connectivity index (χ1) is 8.09. The van der Waals surface area contributed by atoms with E-state index in [9.17, 15) is 4.39 Å². The monoisotopic (exact) mass is 252 g/mol. The van der Waals surface area contributed by atoms with Crippen LogP contribution in [0.3, 0.4) is 0 Å². The maximum atomic E-state index is 14.1. The molecule has 0 saturated heterocycles. The molecule has 0 aromatic heterocycles. The maximum Gasteiger partial charge on any atom is 0.137 e. The second kappa shape index (κ2) is 5.10. The third kappa shape index (κ3) is 2.64. The molecule has 1 aliphatic rings. The molecule has 0 radical (unpaired) electrons. The number of nitrogens with two attached hydrogens (primary N) is 1. The van der Waals surface area contributed by atoms with Gasteiger partial charge < -0.3 is 5.73 Å². The largest absolute Gasteiger partial charge is 0.389 e. The van der Waals surface area contributed by atoms with Crippen molar-refractivity contribution < 1.29 is 4.39 Å². The molecule has 0 bridgehead atoms. The van der Waals surface area contributed by atoms with Gasteiger partial charge in [-0.05, 0) is 26.0 Å². The van der Waals surface area contributed by atoms with Crippen LogP contribution in [0, 0.1) is 5.82 Å². The van der Waals surface area contributed by atoms with Crippen molar-refractivity contribution in [3.63, 3.8) is 0 Å². The van der Waals surface area contributed by atoms with Crippen LogP contribution in [-0.4, -0.2) is 23.0 Å². The van der Waals surface area contributed by atoms with E-state index in [1.54, 1.807) is 12.1 Å². The van der Waals surface area contributed by atoms with Gasteiger partial charge in [0.25, 0.3) is 0 Å². The molecule has 0 spiro atoms. The van der Waals surface area contributed by atoms with Crippen LogP contribution in [0.5, 0.6) is 0 Å². The highest BCUT2D eigenvalue weighted by molar-refractivity contribution is 7.80. The molecule has 0 unspecified atom stereocenters. The molecule has 0 heterocycles. The standard InChI is InChI=1S/C13H17FN2S/c1-16(10-5-3-6-10)8-9-4-2-7-11(12(9)14)13(15)17/h2,4,7,10H,3,5-6,8H2,1H3,(H2,15,17). The molecule has 1 aromatic carbocycles. The van der Waals surface area contributed by atoms with E-state index in [0.29, 0.717) is 23.7 Å². The Kier molecular flexibility index (Phi) is 3.74. The molecule has 1 saturated carbocycles. The fourth-order valence-electron chi connectivity index (χ4n) is 2.12. The number of hydrogen-bond acceptors (Lipinski definition) is 2. The fraction of sp³-hybridized carbons (Fsp3) is 0.462. The Hall–Kier alpha value is -1.00. The Morgan fingerprint density at radius 1 is 1.53 bits per heavy atom. The molecule has 0 atom stereocenters. The van der Waals surface area contributed by atoms with Crippen molar-refractivity contribution in [3.05, 3.63) is 35.1 Å². The zero-order chi connectivity index (χ0) is 12.4. The van der Waals surface area contributed by atoms with E-state index in [-0.39, 0.29) is 10.8 Å². The Labute approximate surface area is 107 Å². The van der Waals surface area contributed by atoms with Crippen molar-refractivity contribution in [2.75, 3.05) is 7.05 Å². The second-order valence-corrected chi connectivity index (χ2v) is 5.08. The van der Waals surface area contributed by atoms with Gasteiger partial charge in [-0.15, -0.1) is 0 Å². The van der Waals surface area contributed by atoms with Gasteiger partial charge in [0.1, 0.15) is 10.8 Å². The molecule has 1 aromatic rings. The minimum absolute atomic E-state index is 0.121. The van der Waals surface area contributed by atoms with Crippen molar-refractivity contribution in [1.29, 1.82) is 0 Å². The molecule has 1 fully saturated rings. The zero-order valence-corrected chi connectivity index (χ0v) is 10.8. The lowest BCUT2D eigenvalue weighted by atomic mass is 9.91. The number of nitrogens with zero attached hydrogens (tertiary/aromatic N) is 1. The van der Waals surface area contributed by atoms with Gasteiger partial charge >= 0.3 is 0 Å². The van der Waals surface area contributed by atoms with E-state index in [4.69, 9.17) is 18.0 Å². The lowest BCUT2D eigenvalue weighted by Gasteiger charge is -2.34. The summed E-state index contributed by atoms with van der Waals surface area (Å²) in [5, 5.41) is 0. The van der Waals surface area contributed by atoms with Gasteiger partial charge in [-0.2, -0.15) is 0 Å². The highest BCUT2D eigenvalue weighted by Crippen LogP contribution is 2.25. The second-order valence-electron chi connectivity index (χ2n) is 4.64. The molecule has 4 heteroatoms. The van der Waals surface area contributed by atoms with Gasteiger partial charge in [0, 0.05) is 23.7 Å². The Balaban J connectivity index is 2.15. The van der Waals surface area contributed by atoms with Crippen LogP contribution in [0.15, 0.2) is 18.2 Å². The summed E-state index contributed by atoms with van der Waals surface area (Å²) in [4.78, 5) is 2.32. The van der Waals surface area contributed by atoms with Crippen LogP contribution in [0.4, 0.5) is 4.39 Å². The molecule has 2 N–H and O–H groups in total. The van der Waals surface area contributed by atoms with Crippen molar-refractivity contribution in [2.24, 2.45) is 5.73 Å². The van der Waals surface area contributed by atoms with E-state index in [1.165, 1.54) is 19.3 Å². The average molecular weight is 252 g/mol. The quantitative estimate of drug-likeness (QED) is 0.835. The molecular formula is C13H17FN2S. The van der Waals surface area contributed by atoms with Gasteiger partial charge in [-0.25, -0.2) is 4.39 Å². The average Bonchev–Trinajstić information content (AvgIpc) is 2.18. The molecule has 92 valence electrons. The Bertz CT molecular complexity index is 429. The predicted molar refractivity (Wildman–Crippen MR) is 71.4 cm³/mol. The summed E-state index contributed by atoms with van der Waals surface area (Å²) in [6, 6.07) is 5.83. The summed E-state index contributed by atoms with van der Waals surface area (Å²) in [6.45, 7) is 0.618. The van der Waals surface area contributed by atoms with E-state index >= 15 is 0 Å². The topological polar surface area (TPSA) is 29.3 Å². The summed E-state index contributed by atoms with van der Waals surface area (Å²) in [5.74, 6) is -0.272. The van der Waals surface area contributed by atoms with Crippen LogP contribution >= 0.6 is 12.2 Å². The van der Waals surface area contributed by atoms with Crippen molar-refractivity contribution in [2.45, 2.75) is 31.8 Å². The van der Waals surface area contributed by atoms with Crippen molar-refractivity contribution in [3.8, 4) is 0 Å². The third-order valence-electron chi connectivity index (χ3n) is 3.46. The van der Waals surface area contributed by atoms with E-state index in [2.05, 4.69) is 4.90 Å². The van der Waals surface area contributed by atoms with Crippen LogP contribution < -0.4 is 5.73 Å². The lowest BCUT2D eigenvalue weighted by molar-refractivity contribution is 0.151. The zero-order valence-electron chi connectivity index (χ0n) is 9.95. The minimum atomic E-state index is -0.272. The Morgan fingerprint density at radius 2 is 2.24 bits per heavy atom. The van der Waals surface area contributed by atoms with Crippen LogP contribution in [0.1, 0.15) is 30.4 Å². The molecule has 0 amide bonds. The van der Waals surface area contributed by atoms with Gasteiger partial charge in [-0.1, -0.05) is 30.8 Å². The number of halogens is 1. The predicted octanol–water partition coefficient (Wildman–Crippen LogP) is 2.44. The van der Waals surface area contributed by atoms with Gasteiger partial charge in [-0.3, -0.25) is 4.90 Å². The van der Waals surface area contributed by atoms with E-state index < -0.39 is 0 Å². The molecule has 2 rings (SSSR count). The smallest absolute Gasteiger partial charge is 0.137 e. The number of rotatable bonds is 4. The van der Waals surface area contributed by atoms with E-state index in [1.807, 2.05) is 13.1 Å². The van der Waals surface area contributed by atoms with Crippen LogP contribution in [0.2, 0.25) is 0 Å². The number of thiocarbonyl (C=S) groups is 1. The van der Waals surface area contributed by atoms with E-state index in [0.717, 1.165) is 0 Å². The molecular weight excluding hydrogens is 235 g/mol. The fourth-order valence-corrected chi connectivity index (χ4v) is 2.28. The molecule has 17 heavy (non-hydrogen) atoms. The normalized spacial score (nSPS) is 15.9. The van der Waals surface area contributed by atoms with Crippen molar-refractivity contribution in [1.82, 2.24) is 4.90 Å². The molecule has 2 nitrogen and oxygen atoms in total. The summed E-state index contributed by atoms with van der Waals surface area (Å²) >= 11 is 4.83. The third-order valence-corrected chi connectivity index (χ3v) is 3.68. The number of hydrogen-bond donors (Lipinski definition) is 1. The lowest BCUT2D eigenvalue weighted by Crippen LogP contribution is -2.36. The first-order valence-corrected chi connectivity index (χ1v) is 6.28. The highest BCUT2D eigenvalue weighted by Gasteiger charge is 2.23. The minimum Gasteiger partial charge on any atom is -0.389 e.